The lowest BCUT2D eigenvalue weighted by molar-refractivity contribution is 0.0875. The number of hydrogen-bond donors (Lipinski definition) is 0. The molecule has 0 amide bonds. The molecule has 0 bridgehead atoms. The average Bonchev–Trinajstić information content (AvgIpc) is 2.48. The maximum absolute atomic E-state index is 5.31. The Hall–Kier alpha value is -1.45. The molecule has 3 heteroatoms. The lowest BCUT2D eigenvalue weighted by Crippen LogP contribution is -2.36. The SMILES string of the molecule is COC[C@H]1CCCN(Cc2cccc3cccnc23)C1. The average molecular weight is 270 g/mol. The maximum Gasteiger partial charge on any atom is 0.0746 e. The van der Waals surface area contributed by atoms with Crippen LogP contribution >= 0.6 is 0 Å². The number of rotatable bonds is 4. The smallest absolute Gasteiger partial charge is 0.0746 e. The van der Waals surface area contributed by atoms with Crippen LogP contribution in [0, 0.1) is 5.92 Å². The van der Waals surface area contributed by atoms with Gasteiger partial charge in [-0.3, -0.25) is 9.88 Å². The van der Waals surface area contributed by atoms with E-state index in [9.17, 15) is 0 Å². The third kappa shape index (κ3) is 3.00. The lowest BCUT2D eigenvalue weighted by atomic mass is 9.98. The van der Waals surface area contributed by atoms with Crippen molar-refractivity contribution in [2.24, 2.45) is 5.92 Å². The molecule has 0 N–H and O–H groups in total. The summed E-state index contributed by atoms with van der Waals surface area (Å²) >= 11 is 0. The standard InChI is InChI=1S/C17H22N2O/c1-20-13-14-5-4-10-19(11-14)12-16-7-2-6-15-8-3-9-18-17(15)16/h2-3,6-9,14H,4-5,10-13H2,1H3/t14-/m0/s1. The van der Waals surface area contributed by atoms with E-state index in [1.807, 2.05) is 12.3 Å². The van der Waals surface area contributed by atoms with E-state index in [1.54, 1.807) is 7.11 Å². The Labute approximate surface area is 120 Å². The van der Waals surface area contributed by atoms with Gasteiger partial charge in [0.05, 0.1) is 12.1 Å². The molecule has 1 aromatic carbocycles. The molecule has 1 fully saturated rings. The van der Waals surface area contributed by atoms with Gasteiger partial charge in [-0.2, -0.15) is 0 Å². The van der Waals surface area contributed by atoms with Crippen molar-refractivity contribution in [2.75, 3.05) is 26.8 Å². The van der Waals surface area contributed by atoms with Crippen LogP contribution in [0.5, 0.6) is 0 Å². The van der Waals surface area contributed by atoms with Crippen molar-refractivity contribution < 1.29 is 4.74 Å². The van der Waals surface area contributed by atoms with Gasteiger partial charge in [0.25, 0.3) is 0 Å². The van der Waals surface area contributed by atoms with E-state index in [0.717, 1.165) is 25.2 Å². The largest absolute Gasteiger partial charge is 0.384 e. The normalized spacial score (nSPS) is 20.4. The first kappa shape index (κ1) is 13.5. The second-order valence-electron chi connectivity index (χ2n) is 5.69. The van der Waals surface area contributed by atoms with Crippen LogP contribution in [0.3, 0.4) is 0 Å². The van der Waals surface area contributed by atoms with Crippen LogP contribution in [0.1, 0.15) is 18.4 Å². The van der Waals surface area contributed by atoms with Crippen LogP contribution in [0.2, 0.25) is 0 Å². The van der Waals surface area contributed by atoms with Gasteiger partial charge in [-0.1, -0.05) is 24.3 Å². The summed E-state index contributed by atoms with van der Waals surface area (Å²) in [6, 6.07) is 10.6. The molecule has 3 rings (SSSR count). The third-order valence-corrected chi connectivity index (χ3v) is 4.12. The summed E-state index contributed by atoms with van der Waals surface area (Å²) in [5.41, 5.74) is 2.48. The van der Waals surface area contributed by atoms with E-state index < -0.39 is 0 Å². The Morgan fingerprint density at radius 2 is 2.20 bits per heavy atom. The molecule has 1 atom stereocenters. The summed E-state index contributed by atoms with van der Waals surface area (Å²) < 4.78 is 5.31. The lowest BCUT2D eigenvalue weighted by Gasteiger charge is -2.32. The minimum Gasteiger partial charge on any atom is -0.384 e. The highest BCUT2D eigenvalue weighted by Crippen LogP contribution is 2.22. The van der Waals surface area contributed by atoms with Gasteiger partial charge in [-0.25, -0.2) is 0 Å². The number of pyridine rings is 1. The third-order valence-electron chi connectivity index (χ3n) is 4.12. The molecular formula is C17H22N2O. The fourth-order valence-corrected chi connectivity index (χ4v) is 3.20. The van der Waals surface area contributed by atoms with Crippen molar-refractivity contribution in [3.63, 3.8) is 0 Å². The van der Waals surface area contributed by atoms with E-state index in [4.69, 9.17) is 4.74 Å². The van der Waals surface area contributed by atoms with E-state index in [-0.39, 0.29) is 0 Å². The summed E-state index contributed by atoms with van der Waals surface area (Å²) in [6.07, 6.45) is 4.44. The Kier molecular flexibility index (Phi) is 4.28. The number of methoxy groups -OCH3 is 1. The summed E-state index contributed by atoms with van der Waals surface area (Å²) in [4.78, 5) is 7.09. The van der Waals surface area contributed by atoms with Gasteiger partial charge >= 0.3 is 0 Å². The summed E-state index contributed by atoms with van der Waals surface area (Å²) in [5, 5.41) is 1.23. The second-order valence-corrected chi connectivity index (χ2v) is 5.69. The van der Waals surface area contributed by atoms with Gasteiger partial charge < -0.3 is 4.74 Å². The highest BCUT2D eigenvalue weighted by Gasteiger charge is 2.20. The summed E-state index contributed by atoms with van der Waals surface area (Å²) in [6.45, 7) is 4.19. The number of ether oxygens (including phenoxy) is 1. The van der Waals surface area contributed by atoms with Crippen molar-refractivity contribution in [1.29, 1.82) is 0 Å². The Bertz CT molecular complexity index is 562. The molecule has 0 unspecified atom stereocenters. The number of nitrogens with zero attached hydrogens (tertiary/aromatic N) is 2. The molecule has 2 aromatic rings. The predicted octanol–water partition coefficient (Wildman–Crippen LogP) is 3.09. The molecular weight excluding hydrogens is 248 g/mol. The number of benzene rings is 1. The Balaban J connectivity index is 1.76. The quantitative estimate of drug-likeness (QED) is 0.853. The van der Waals surface area contributed by atoms with E-state index in [2.05, 4.69) is 34.1 Å². The van der Waals surface area contributed by atoms with Gasteiger partial charge in [-0.15, -0.1) is 0 Å². The molecule has 1 aliphatic rings. The minimum atomic E-state index is 0.677. The number of piperidine rings is 1. The fraction of sp³-hybridized carbons (Fsp3) is 0.471. The first-order valence-corrected chi connectivity index (χ1v) is 7.41. The minimum absolute atomic E-state index is 0.677. The zero-order valence-electron chi connectivity index (χ0n) is 12.1. The molecule has 0 radical (unpaired) electrons. The van der Waals surface area contributed by atoms with Crippen LogP contribution in [0.25, 0.3) is 10.9 Å². The van der Waals surface area contributed by atoms with Crippen molar-refractivity contribution in [3.8, 4) is 0 Å². The van der Waals surface area contributed by atoms with Crippen molar-refractivity contribution in [1.82, 2.24) is 9.88 Å². The van der Waals surface area contributed by atoms with Gasteiger partial charge in [0.1, 0.15) is 0 Å². The van der Waals surface area contributed by atoms with E-state index in [1.165, 1.54) is 30.3 Å². The van der Waals surface area contributed by atoms with E-state index >= 15 is 0 Å². The Morgan fingerprint density at radius 1 is 1.30 bits per heavy atom. The molecule has 20 heavy (non-hydrogen) atoms. The van der Waals surface area contributed by atoms with Crippen LogP contribution in [0.4, 0.5) is 0 Å². The van der Waals surface area contributed by atoms with Gasteiger partial charge in [0, 0.05) is 31.8 Å². The molecule has 1 aliphatic heterocycles. The molecule has 3 nitrogen and oxygen atoms in total. The molecule has 2 heterocycles. The number of fused-ring (bicyclic) bond motifs is 1. The number of aromatic nitrogens is 1. The Morgan fingerprint density at radius 3 is 3.10 bits per heavy atom. The molecule has 0 spiro atoms. The highest BCUT2D eigenvalue weighted by molar-refractivity contribution is 5.81. The molecule has 1 saturated heterocycles. The second kappa shape index (κ2) is 6.33. The molecule has 1 aromatic heterocycles. The van der Waals surface area contributed by atoms with Crippen LogP contribution in [-0.2, 0) is 11.3 Å². The van der Waals surface area contributed by atoms with Crippen molar-refractivity contribution >= 4 is 10.9 Å². The van der Waals surface area contributed by atoms with Crippen LogP contribution in [0.15, 0.2) is 36.5 Å². The molecule has 0 aliphatic carbocycles. The predicted molar refractivity (Wildman–Crippen MR) is 81.6 cm³/mol. The zero-order chi connectivity index (χ0) is 13.8. The molecule has 106 valence electrons. The molecule has 0 saturated carbocycles. The topological polar surface area (TPSA) is 25.4 Å². The van der Waals surface area contributed by atoms with Gasteiger partial charge in [0.15, 0.2) is 0 Å². The maximum atomic E-state index is 5.31. The number of likely N-dealkylation sites (tertiary alicyclic amines) is 1. The summed E-state index contributed by atoms with van der Waals surface area (Å²) in [7, 11) is 1.80. The first-order chi connectivity index (χ1) is 9.86. The highest BCUT2D eigenvalue weighted by atomic mass is 16.5. The summed E-state index contributed by atoms with van der Waals surface area (Å²) in [5.74, 6) is 0.677. The van der Waals surface area contributed by atoms with Crippen LogP contribution < -0.4 is 0 Å². The fourth-order valence-electron chi connectivity index (χ4n) is 3.20. The number of para-hydroxylation sites is 1. The van der Waals surface area contributed by atoms with Gasteiger partial charge in [0.2, 0.25) is 0 Å². The monoisotopic (exact) mass is 270 g/mol. The number of hydrogen-bond acceptors (Lipinski definition) is 3. The van der Waals surface area contributed by atoms with E-state index in [0.29, 0.717) is 5.92 Å². The van der Waals surface area contributed by atoms with Crippen molar-refractivity contribution in [3.05, 3.63) is 42.1 Å². The van der Waals surface area contributed by atoms with Crippen LogP contribution in [-0.4, -0.2) is 36.7 Å². The zero-order valence-corrected chi connectivity index (χ0v) is 12.1. The van der Waals surface area contributed by atoms with Crippen molar-refractivity contribution in [2.45, 2.75) is 19.4 Å². The first-order valence-electron chi connectivity index (χ1n) is 7.41. The van der Waals surface area contributed by atoms with Gasteiger partial charge in [-0.05, 0) is 36.9 Å².